The lowest BCUT2D eigenvalue weighted by atomic mass is 10.0. The highest BCUT2D eigenvalue weighted by Crippen LogP contribution is 2.27. The summed E-state index contributed by atoms with van der Waals surface area (Å²) in [6, 6.07) is 15.0. The smallest absolute Gasteiger partial charge is 0.266 e. The molecule has 2 N–H and O–H groups in total. The molecular weight excluding hydrogens is 394 g/mol. The number of nitrogens with zero attached hydrogens (tertiary/aromatic N) is 2. The van der Waals surface area contributed by atoms with Gasteiger partial charge in [-0.15, -0.1) is 0 Å². The number of benzene rings is 2. The zero-order valence-electron chi connectivity index (χ0n) is 15.8. The van der Waals surface area contributed by atoms with Crippen LogP contribution < -0.4 is 10.7 Å². The molecule has 8 heteroatoms. The van der Waals surface area contributed by atoms with Gasteiger partial charge in [0.25, 0.3) is 5.56 Å². The Kier molecular flexibility index (Phi) is 6.22. The van der Waals surface area contributed by atoms with E-state index in [1.807, 2.05) is 42.5 Å². The lowest BCUT2D eigenvalue weighted by molar-refractivity contribution is 0.596. The molecule has 2 aromatic carbocycles. The van der Waals surface area contributed by atoms with Crippen LogP contribution in [0, 0.1) is 0 Å². The first-order valence-corrected chi connectivity index (χ1v) is 11.7. The quantitative estimate of drug-likeness (QED) is 0.362. The van der Waals surface area contributed by atoms with Gasteiger partial charge in [-0.3, -0.25) is 9.36 Å². The maximum atomic E-state index is 13.3. The van der Waals surface area contributed by atoms with Crippen molar-refractivity contribution in [3.05, 3.63) is 64.4 Å². The Labute approximate surface area is 168 Å². The molecule has 28 heavy (non-hydrogen) atoms. The predicted molar refractivity (Wildman–Crippen MR) is 115 cm³/mol. The van der Waals surface area contributed by atoms with Crippen LogP contribution in [0.3, 0.4) is 0 Å². The number of para-hydroxylation sites is 2. The van der Waals surface area contributed by atoms with Gasteiger partial charge in [-0.05, 0) is 36.1 Å². The van der Waals surface area contributed by atoms with Crippen molar-refractivity contribution in [2.24, 2.45) is 5.14 Å². The first-order valence-electron chi connectivity index (χ1n) is 9.02. The van der Waals surface area contributed by atoms with Gasteiger partial charge >= 0.3 is 0 Å². The monoisotopic (exact) mass is 417 g/mol. The average molecular weight is 418 g/mol. The lowest BCUT2D eigenvalue weighted by Crippen LogP contribution is -2.23. The Morgan fingerprint density at radius 1 is 1.11 bits per heavy atom. The minimum atomic E-state index is -3.50. The van der Waals surface area contributed by atoms with Crippen LogP contribution in [0.5, 0.6) is 0 Å². The van der Waals surface area contributed by atoms with E-state index < -0.39 is 10.0 Å². The second-order valence-electron chi connectivity index (χ2n) is 6.83. The highest BCUT2D eigenvalue weighted by molar-refractivity contribution is 7.99. The molecule has 0 atom stereocenters. The second kappa shape index (κ2) is 8.46. The van der Waals surface area contributed by atoms with Crippen LogP contribution in [0.25, 0.3) is 16.6 Å². The number of fused-ring (bicyclic) bond motifs is 1. The van der Waals surface area contributed by atoms with Crippen molar-refractivity contribution < 1.29 is 8.42 Å². The molecule has 0 unspecified atom stereocenters. The molecule has 0 saturated heterocycles. The van der Waals surface area contributed by atoms with E-state index >= 15 is 0 Å². The Bertz CT molecular complexity index is 1150. The van der Waals surface area contributed by atoms with Gasteiger partial charge in [0.2, 0.25) is 10.0 Å². The minimum absolute atomic E-state index is 0.0968. The second-order valence-corrected chi connectivity index (χ2v) is 9.63. The molecule has 0 saturated carbocycles. The molecule has 0 radical (unpaired) electrons. The van der Waals surface area contributed by atoms with Crippen LogP contribution in [0.4, 0.5) is 0 Å². The highest BCUT2D eigenvalue weighted by Gasteiger charge is 2.17. The molecule has 0 aliphatic carbocycles. The summed E-state index contributed by atoms with van der Waals surface area (Å²) in [6.07, 6.45) is 0.387. The van der Waals surface area contributed by atoms with E-state index in [9.17, 15) is 13.2 Å². The predicted octanol–water partition coefficient (Wildman–Crippen LogP) is 3.28. The van der Waals surface area contributed by atoms with Crippen molar-refractivity contribution in [3.8, 4) is 5.69 Å². The summed E-state index contributed by atoms with van der Waals surface area (Å²) in [4.78, 5) is 18.0. The first-order chi connectivity index (χ1) is 13.3. The van der Waals surface area contributed by atoms with Crippen molar-refractivity contribution in [2.75, 3.05) is 11.5 Å². The van der Waals surface area contributed by atoms with Crippen LogP contribution >= 0.6 is 11.8 Å². The molecule has 3 aromatic rings. The Morgan fingerprint density at radius 2 is 1.79 bits per heavy atom. The number of hydrogen-bond donors (Lipinski definition) is 1. The lowest BCUT2D eigenvalue weighted by Gasteiger charge is -2.18. The molecule has 1 aromatic heterocycles. The molecule has 148 valence electrons. The molecule has 0 fully saturated rings. The number of rotatable bonds is 7. The van der Waals surface area contributed by atoms with Gasteiger partial charge in [0.05, 0.1) is 22.3 Å². The third-order valence-electron chi connectivity index (χ3n) is 4.35. The van der Waals surface area contributed by atoms with Gasteiger partial charge in [0.15, 0.2) is 5.16 Å². The molecule has 0 aliphatic heterocycles. The molecule has 6 nitrogen and oxygen atoms in total. The highest BCUT2D eigenvalue weighted by atomic mass is 32.2. The average Bonchev–Trinajstić information content (AvgIpc) is 2.65. The molecule has 0 aliphatic rings. The topological polar surface area (TPSA) is 95.1 Å². The van der Waals surface area contributed by atoms with E-state index in [0.717, 1.165) is 11.3 Å². The SMILES string of the molecule is CC(C)c1ccccc1-n1c(SCCCS(N)(=O)=O)nc2ccccc2c1=O. The minimum Gasteiger partial charge on any atom is -0.268 e. The van der Waals surface area contributed by atoms with E-state index in [1.165, 1.54) is 11.8 Å². The van der Waals surface area contributed by atoms with E-state index in [1.54, 1.807) is 10.6 Å². The summed E-state index contributed by atoms with van der Waals surface area (Å²) in [6.45, 7) is 4.16. The van der Waals surface area contributed by atoms with Crippen molar-refractivity contribution in [1.82, 2.24) is 9.55 Å². The fourth-order valence-corrected chi connectivity index (χ4v) is 4.70. The molecule has 0 amide bonds. The van der Waals surface area contributed by atoms with Crippen molar-refractivity contribution in [3.63, 3.8) is 0 Å². The molecule has 0 spiro atoms. The van der Waals surface area contributed by atoms with Crippen molar-refractivity contribution in [2.45, 2.75) is 31.3 Å². The van der Waals surface area contributed by atoms with E-state index in [-0.39, 0.29) is 17.2 Å². The van der Waals surface area contributed by atoms with Crippen LogP contribution in [-0.2, 0) is 10.0 Å². The van der Waals surface area contributed by atoms with Gasteiger partial charge in [-0.1, -0.05) is 55.9 Å². The van der Waals surface area contributed by atoms with Crippen LogP contribution in [0.2, 0.25) is 0 Å². The van der Waals surface area contributed by atoms with Gasteiger partial charge in [-0.2, -0.15) is 0 Å². The Hall–Kier alpha value is -2.16. The molecular formula is C20H23N3O3S2. The third-order valence-corrected chi connectivity index (χ3v) is 6.23. The number of thioether (sulfide) groups is 1. The molecule has 3 rings (SSSR count). The van der Waals surface area contributed by atoms with E-state index in [2.05, 4.69) is 13.8 Å². The number of primary sulfonamides is 1. The summed E-state index contributed by atoms with van der Waals surface area (Å²) >= 11 is 1.36. The van der Waals surface area contributed by atoms with Crippen LogP contribution in [0.15, 0.2) is 58.5 Å². The summed E-state index contributed by atoms with van der Waals surface area (Å²) in [5, 5.41) is 6.18. The molecule has 1 heterocycles. The largest absolute Gasteiger partial charge is 0.268 e. The van der Waals surface area contributed by atoms with Gasteiger partial charge in [0.1, 0.15) is 0 Å². The number of aromatic nitrogens is 2. The van der Waals surface area contributed by atoms with E-state index in [0.29, 0.717) is 28.2 Å². The van der Waals surface area contributed by atoms with Crippen molar-refractivity contribution >= 4 is 32.7 Å². The normalized spacial score (nSPS) is 12.0. The number of nitrogens with two attached hydrogens (primary N) is 1. The fourth-order valence-electron chi connectivity index (χ4n) is 3.02. The summed E-state index contributed by atoms with van der Waals surface area (Å²) in [7, 11) is -3.50. The van der Waals surface area contributed by atoms with E-state index in [4.69, 9.17) is 10.1 Å². The van der Waals surface area contributed by atoms with Gasteiger partial charge < -0.3 is 0 Å². The summed E-state index contributed by atoms with van der Waals surface area (Å²) in [5.74, 6) is 0.626. The summed E-state index contributed by atoms with van der Waals surface area (Å²) < 4.78 is 24.0. The first kappa shape index (κ1) is 20.6. The van der Waals surface area contributed by atoms with Gasteiger partial charge in [0, 0.05) is 5.75 Å². The number of sulfonamides is 1. The Balaban J connectivity index is 2.12. The van der Waals surface area contributed by atoms with Gasteiger partial charge in [-0.25, -0.2) is 18.5 Å². The standard InChI is InChI=1S/C20H23N3O3S2/c1-14(2)15-8-4-6-11-18(15)23-19(24)16-9-3-5-10-17(16)22-20(23)27-12-7-13-28(21,25)26/h3-6,8-11,14H,7,12-13H2,1-2H3,(H2,21,25,26). The molecule has 0 bridgehead atoms. The number of hydrogen-bond acceptors (Lipinski definition) is 5. The zero-order chi connectivity index (χ0) is 20.3. The van der Waals surface area contributed by atoms with Crippen LogP contribution in [-0.4, -0.2) is 29.5 Å². The summed E-state index contributed by atoms with van der Waals surface area (Å²) in [5.41, 5.74) is 2.34. The Morgan fingerprint density at radius 3 is 2.50 bits per heavy atom. The van der Waals surface area contributed by atoms with Crippen LogP contribution in [0.1, 0.15) is 31.7 Å². The van der Waals surface area contributed by atoms with Crippen molar-refractivity contribution in [1.29, 1.82) is 0 Å². The maximum absolute atomic E-state index is 13.3. The zero-order valence-corrected chi connectivity index (χ0v) is 17.5. The maximum Gasteiger partial charge on any atom is 0.266 e. The third kappa shape index (κ3) is 4.63. The fraction of sp³-hybridized carbons (Fsp3) is 0.300.